The van der Waals surface area contributed by atoms with Gasteiger partial charge in [0.2, 0.25) is 0 Å². The molecule has 0 saturated heterocycles. The van der Waals surface area contributed by atoms with Crippen LogP contribution >= 0.6 is 11.3 Å². The second-order valence-electron chi connectivity index (χ2n) is 7.76. The van der Waals surface area contributed by atoms with Gasteiger partial charge in [-0.2, -0.15) is 0 Å². The number of nitrogens with zero attached hydrogens (tertiary/aromatic N) is 2. The van der Waals surface area contributed by atoms with Crippen LogP contribution in [0.25, 0.3) is 5.00 Å². The third kappa shape index (κ3) is 3.06. The molecule has 5 rings (SSSR count). The highest BCUT2D eigenvalue weighted by Crippen LogP contribution is 2.43. The van der Waals surface area contributed by atoms with Crippen LogP contribution in [-0.4, -0.2) is 15.5 Å². The molecule has 2 aliphatic rings. The fourth-order valence-electron chi connectivity index (χ4n) is 4.66. The first-order valence-electron chi connectivity index (χ1n) is 10.3. The summed E-state index contributed by atoms with van der Waals surface area (Å²) < 4.78 is 16.4. The lowest BCUT2D eigenvalue weighted by molar-refractivity contribution is 0.181. The summed E-state index contributed by atoms with van der Waals surface area (Å²) in [4.78, 5) is 16.7. The Morgan fingerprint density at radius 1 is 1.17 bits per heavy atom. The van der Waals surface area contributed by atoms with Crippen molar-refractivity contribution in [3.05, 3.63) is 70.1 Å². The van der Waals surface area contributed by atoms with Crippen LogP contribution in [0, 0.1) is 5.82 Å². The smallest absolute Gasteiger partial charge is 0.312 e. The fraction of sp³-hybridized carbons (Fsp3) is 0.348. The molecule has 0 fully saturated rings. The number of thiophene rings is 1. The maximum Gasteiger partial charge on any atom is 0.322 e. The maximum absolute atomic E-state index is 14.1. The van der Waals surface area contributed by atoms with Gasteiger partial charge in [0, 0.05) is 22.3 Å². The van der Waals surface area contributed by atoms with Gasteiger partial charge in [-0.1, -0.05) is 19.1 Å². The Labute approximate surface area is 174 Å². The highest BCUT2D eigenvalue weighted by molar-refractivity contribution is 7.15. The predicted molar refractivity (Wildman–Crippen MR) is 114 cm³/mol. The van der Waals surface area contributed by atoms with Crippen molar-refractivity contribution in [3.63, 3.8) is 0 Å². The van der Waals surface area contributed by atoms with Gasteiger partial charge >= 0.3 is 6.03 Å². The maximum atomic E-state index is 14.1. The Kier molecular flexibility index (Phi) is 4.66. The fourth-order valence-corrected chi connectivity index (χ4v) is 6.06. The third-order valence-electron chi connectivity index (χ3n) is 6.07. The molecule has 0 radical (unpaired) electrons. The average molecular weight is 410 g/mol. The van der Waals surface area contributed by atoms with Crippen molar-refractivity contribution in [1.29, 1.82) is 0 Å². The molecule has 0 bridgehead atoms. The molecule has 2 aromatic heterocycles. The molecule has 0 saturated carbocycles. The summed E-state index contributed by atoms with van der Waals surface area (Å²) in [6, 6.07) is 10.2. The first-order chi connectivity index (χ1) is 14.2. The molecule has 0 unspecified atom stereocenters. The largest absolute Gasteiger partial charge is 0.322 e. The molecule has 3 heterocycles. The number of para-hydroxylation sites is 1. The molecule has 1 N–H and O–H groups in total. The van der Waals surface area contributed by atoms with E-state index in [9.17, 15) is 9.18 Å². The molecule has 2 amide bonds. The van der Waals surface area contributed by atoms with Gasteiger partial charge in [-0.25, -0.2) is 9.18 Å². The summed E-state index contributed by atoms with van der Waals surface area (Å²) in [7, 11) is 0. The van der Waals surface area contributed by atoms with E-state index in [0.717, 1.165) is 25.0 Å². The minimum absolute atomic E-state index is 0.0596. The minimum atomic E-state index is -0.416. The number of halogens is 1. The zero-order chi connectivity index (χ0) is 20.0. The number of fused-ring (bicyclic) bond motifs is 5. The quantitative estimate of drug-likeness (QED) is 0.549. The van der Waals surface area contributed by atoms with E-state index in [2.05, 4.69) is 35.1 Å². The highest BCUT2D eigenvalue weighted by Gasteiger charge is 2.34. The van der Waals surface area contributed by atoms with Gasteiger partial charge in [0.05, 0.1) is 18.3 Å². The zero-order valence-corrected chi connectivity index (χ0v) is 17.3. The van der Waals surface area contributed by atoms with Gasteiger partial charge < -0.3 is 14.8 Å². The van der Waals surface area contributed by atoms with Crippen molar-refractivity contribution in [3.8, 4) is 5.00 Å². The molecule has 0 spiro atoms. The van der Waals surface area contributed by atoms with Crippen LogP contribution in [0.4, 0.5) is 14.9 Å². The summed E-state index contributed by atoms with van der Waals surface area (Å²) in [5.41, 5.74) is 4.03. The van der Waals surface area contributed by atoms with Gasteiger partial charge in [0.15, 0.2) is 0 Å². The second kappa shape index (κ2) is 7.34. The first kappa shape index (κ1) is 18.4. The van der Waals surface area contributed by atoms with Crippen LogP contribution in [0.3, 0.4) is 0 Å². The third-order valence-corrected chi connectivity index (χ3v) is 7.40. The van der Waals surface area contributed by atoms with Crippen LogP contribution in [0.15, 0.2) is 42.6 Å². The number of hydrogen-bond acceptors (Lipinski definition) is 2. The van der Waals surface area contributed by atoms with Gasteiger partial charge in [0.1, 0.15) is 10.8 Å². The average Bonchev–Trinajstić information content (AvgIpc) is 3.32. The summed E-state index contributed by atoms with van der Waals surface area (Å²) in [5, 5.41) is 4.05. The number of urea groups is 1. The number of anilines is 1. The number of rotatable bonds is 2. The molecule has 1 aliphatic heterocycles. The van der Waals surface area contributed by atoms with Gasteiger partial charge in [-0.15, -0.1) is 11.3 Å². The van der Waals surface area contributed by atoms with Gasteiger partial charge in [-0.3, -0.25) is 0 Å². The monoisotopic (exact) mass is 409 g/mol. The van der Waals surface area contributed by atoms with Crippen molar-refractivity contribution >= 4 is 23.1 Å². The lowest BCUT2D eigenvalue weighted by Gasteiger charge is -2.30. The van der Waals surface area contributed by atoms with E-state index in [-0.39, 0.29) is 17.8 Å². The minimum Gasteiger partial charge on any atom is -0.312 e. The Balaban J connectivity index is 1.58. The molecule has 4 nitrogen and oxygen atoms in total. The standard InChI is InChI=1S/C23H24FN3OS/c1-2-19-20-11-7-13-26(20)22-16(15-8-3-6-12-21(15)29-22)14-27(19)23(28)25-18-10-5-4-9-17(18)24/h4-5,7,9-11,13,19H,2-3,6,8,12,14H2,1H3,(H,25,28)/t19-/m1/s1. The summed E-state index contributed by atoms with van der Waals surface area (Å²) in [6.07, 6.45) is 7.55. The van der Waals surface area contributed by atoms with E-state index in [4.69, 9.17) is 0 Å². The van der Waals surface area contributed by atoms with Crippen LogP contribution < -0.4 is 5.32 Å². The van der Waals surface area contributed by atoms with E-state index in [1.54, 1.807) is 18.2 Å². The highest BCUT2D eigenvalue weighted by atomic mass is 32.1. The van der Waals surface area contributed by atoms with Crippen LogP contribution in [0.5, 0.6) is 0 Å². The molecule has 1 aromatic carbocycles. The van der Waals surface area contributed by atoms with Crippen LogP contribution in [-0.2, 0) is 19.4 Å². The lowest BCUT2D eigenvalue weighted by atomic mass is 9.95. The Morgan fingerprint density at radius 2 is 2.00 bits per heavy atom. The van der Waals surface area contributed by atoms with E-state index < -0.39 is 5.82 Å². The van der Waals surface area contributed by atoms with Gasteiger partial charge in [0.25, 0.3) is 0 Å². The molecule has 150 valence electrons. The van der Waals surface area contributed by atoms with Crippen molar-refractivity contribution in [2.45, 2.75) is 51.6 Å². The van der Waals surface area contributed by atoms with E-state index in [1.165, 1.54) is 39.9 Å². The summed E-state index contributed by atoms with van der Waals surface area (Å²) in [5.74, 6) is -0.416. The number of aromatic nitrogens is 1. The number of nitrogens with one attached hydrogen (secondary N) is 1. The number of carbonyl (C=O) groups excluding carboxylic acids is 1. The van der Waals surface area contributed by atoms with Crippen molar-refractivity contribution in [1.82, 2.24) is 9.47 Å². The second-order valence-corrected chi connectivity index (χ2v) is 8.84. The number of amides is 2. The number of aryl methyl sites for hydroxylation is 1. The molecular formula is C23H24FN3OS. The Hall–Kier alpha value is -2.60. The molecule has 1 aliphatic carbocycles. The van der Waals surface area contributed by atoms with E-state index >= 15 is 0 Å². The number of carbonyl (C=O) groups is 1. The van der Waals surface area contributed by atoms with E-state index in [0.29, 0.717) is 6.54 Å². The van der Waals surface area contributed by atoms with Crippen LogP contribution in [0.1, 0.15) is 53.9 Å². The summed E-state index contributed by atoms with van der Waals surface area (Å²) in [6.45, 7) is 2.65. The number of hydrogen-bond donors (Lipinski definition) is 1. The van der Waals surface area contributed by atoms with Crippen LogP contribution in [0.2, 0.25) is 0 Å². The Bertz CT molecular complexity index is 1070. The lowest BCUT2D eigenvalue weighted by Crippen LogP contribution is -2.37. The SMILES string of the molecule is CC[C@@H]1c2cccn2-c2sc3c(c2CN1C(=O)Nc1ccccc1F)CCCC3. The van der Waals surface area contributed by atoms with Crippen molar-refractivity contribution in [2.24, 2.45) is 0 Å². The van der Waals surface area contributed by atoms with Crippen molar-refractivity contribution < 1.29 is 9.18 Å². The molecule has 1 atom stereocenters. The Morgan fingerprint density at radius 3 is 2.83 bits per heavy atom. The molecule has 6 heteroatoms. The molecule has 3 aromatic rings. The van der Waals surface area contributed by atoms with Gasteiger partial charge in [-0.05, 0) is 61.9 Å². The summed E-state index contributed by atoms with van der Waals surface area (Å²) >= 11 is 1.88. The normalized spacial score (nSPS) is 17.9. The topological polar surface area (TPSA) is 37.3 Å². The number of benzene rings is 1. The zero-order valence-electron chi connectivity index (χ0n) is 16.5. The molecule has 29 heavy (non-hydrogen) atoms. The van der Waals surface area contributed by atoms with Crippen molar-refractivity contribution in [2.75, 3.05) is 5.32 Å². The first-order valence-corrected chi connectivity index (χ1v) is 11.1. The van der Waals surface area contributed by atoms with E-state index in [1.807, 2.05) is 16.2 Å². The molecular weight excluding hydrogens is 385 g/mol. The predicted octanol–water partition coefficient (Wildman–Crippen LogP) is 6.06.